The maximum absolute atomic E-state index is 5.50. The summed E-state index contributed by atoms with van der Waals surface area (Å²) in [6.07, 6.45) is 1.29. The quantitative estimate of drug-likeness (QED) is 0.532. The summed E-state index contributed by atoms with van der Waals surface area (Å²) in [5, 5.41) is 4.08. The van der Waals surface area contributed by atoms with E-state index in [0.717, 1.165) is 24.7 Å². The fourth-order valence-corrected chi connectivity index (χ4v) is 2.01. The fraction of sp³-hybridized carbons (Fsp3) is 0.857. The summed E-state index contributed by atoms with van der Waals surface area (Å²) in [5.74, 6) is 0. The van der Waals surface area contributed by atoms with Crippen LogP contribution in [0.1, 0.15) is 13.3 Å². The first-order valence-electron chi connectivity index (χ1n) is 3.96. The average molecular weight is 172 g/mol. The van der Waals surface area contributed by atoms with Crippen LogP contribution in [-0.2, 0) is 4.74 Å². The third-order valence-electron chi connectivity index (χ3n) is 2.18. The van der Waals surface area contributed by atoms with E-state index in [-0.39, 0.29) is 6.23 Å². The standard InChI is InChI=1S/C7H12N2OS/c1-5-4-6-9(2-3-10-6)7(11)8-5/h5-6H,2-4H2,1H3,(H,8,11). The Hall–Kier alpha value is -0.350. The van der Waals surface area contributed by atoms with Crippen molar-refractivity contribution >= 4 is 17.3 Å². The molecule has 2 aliphatic heterocycles. The zero-order valence-electron chi connectivity index (χ0n) is 6.54. The largest absolute Gasteiger partial charge is 0.360 e. The van der Waals surface area contributed by atoms with Gasteiger partial charge in [0.1, 0.15) is 6.23 Å². The van der Waals surface area contributed by atoms with Gasteiger partial charge in [0.25, 0.3) is 0 Å². The number of fused-ring (bicyclic) bond motifs is 1. The molecule has 2 aliphatic rings. The van der Waals surface area contributed by atoms with Crippen LogP contribution in [0.25, 0.3) is 0 Å². The van der Waals surface area contributed by atoms with Gasteiger partial charge in [-0.3, -0.25) is 0 Å². The van der Waals surface area contributed by atoms with E-state index in [2.05, 4.69) is 17.1 Å². The molecular weight excluding hydrogens is 160 g/mol. The molecule has 2 atom stereocenters. The Bertz CT molecular complexity index is 185. The summed E-state index contributed by atoms with van der Waals surface area (Å²) in [6, 6.07) is 0.460. The minimum atomic E-state index is 0.249. The molecule has 4 heteroatoms. The predicted octanol–water partition coefficient (Wildman–Crippen LogP) is 0.311. The Labute approximate surface area is 71.7 Å². The van der Waals surface area contributed by atoms with Gasteiger partial charge >= 0.3 is 0 Å². The Balaban J connectivity index is 2.10. The predicted molar refractivity (Wildman–Crippen MR) is 46.3 cm³/mol. The first kappa shape index (κ1) is 7.31. The Morgan fingerprint density at radius 1 is 1.73 bits per heavy atom. The zero-order chi connectivity index (χ0) is 7.84. The maximum atomic E-state index is 5.50. The number of ether oxygens (including phenoxy) is 1. The summed E-state index contributed by atoms with van der Waals surface area (Å²) < 4.78 is 5.50. The van der Waals surface area contributed by atoms with Crippen molar-refractivity contribution in [2.45, 2.75) is 25.6 Å². The molecule has 0 amide bonds. The van der Waals surface area contributed by atoms with Crippen molar-refractivity contribution in [2.24, 2.45) is 0 Å². The molecule has 0 radical (unpaired) electrons. The highest BCUT2D eigenvalue weighted by molar-refractivity contribution is 7.80. The van der Waals surface area contributed by atoms with Gasteiger partial charge in [-0.15, -0.1) is 0 Å². The van der Waals surface area contributed by atoms with Crippen molar-refractivity contribution < 1.29 is 4.74 Å². The molecular formula is C7H12N2OS. The minimum Gasteiger partial charge on any atom is -0.360 e. The van der Waals surface area contributed by atoms with Gasteiger partial charge in [0.2, 0.25) is 0 Å². The summed E-state index contributed by atoms with van der Waals surface area (Å²) in [5.41, 5.74) is 0. The monoisotopic (exact) mass is 172 g/mol. The van der Waals surface area contributed by atoms with Crippen molar-refractivity contribution in [3.63, 3.8) is 0 Å². The number of hydrogen-bond acceptors (Lipinski definition) is 2. The van der Waals surface area contributed by atoms with Gasteiger partial charge in [-0.1, -0.05) is 0 Å². The van der Waals surface area contributed by atoms with Crippen LogP contribution in [0.15, 0.2) is 0 Å². The molecule has 2 fully saturated rings. The van der Waals surface area contributed by atoms with Crippen LogP contribution in [0, 0.1) is 0 Å². The van der Waals surface area contributed by atoms with Crippen LogP contribution in [-0.4, -0.2) is 35.4 Å². The van der Waals surface area contributed by atoms with Crippen LogP contribution in [0.5, 0.6) is 0 Å². The Morgan fingerprint density at radius 3 is 3.36 bits per heavy atom. The number of thiocarbonyl (C=S) groups is 1. The molecule has 2 unspecified atom stereocenters. The van der Waals surface area contributed by atoms with Crippen molar-refractivity contribution in [2.75, 3.05) is 13.2 Å². The third kappa shape index (κ3) is 1.20. The number of nitrogens with one attached hydrogen (secondary N) is 1. The van der Waals surface area contributed by atoms with E-state index in [1.165, 1.54) is 0 Å². The number of hydrogen-bond donors (Lipinski definition) is 1. The molecule has 2 rings (SSSR count). The lowest BCUT2D eigenvalue weighted by Gasteiger charge is -2.34. The van der Waals surface area contributed by atoms with Gasteiger partial charge in [-0.25, -0.2) is 0 Å². The molecule has 2 heterocycles. The van der Waals surface area contributed by atoms with Crippen molar-refractivity contribution in [1.82, 2.24) is 10.2 Å². The average Bonchev–Trinajstić information content (AvgIpc) is 2.34. The van der Waals surface area contributed by atoms with Gasteiger partial charge in [-0.2, -0.15) is 0 Å². The fourth-order valence-electron chi connectivity index (χ4n) is 1.60. The molecule has 0 aliphatic carbocycles. The Kier molecular flexibility index (Phi) is 1.73. The molecule has 0 spiro atoms. The van der Waals surface area contributed by atoms with Crippen molar-refractivity contribution in [3.05, 3.63) is 0 Å². The minimum absolute atomic E-state index is 0.249. The molecule has 0 saturated carbocycles. The van der Waals surface area contributed by atoms with E-state index in [1.807, 2.05) is 0 Å². The highest BCUT2D eigenvalue weighted by Crippen LogP contribution is 2.19. The topological polar surface area (TPSA) is 24.5 Å². The summed E-state index contributed by atoms with van der Waals surface area (Å²) >= 11 is 5.16. The molecule has 1 N–H and O–H groups in total. The highest BCUT2D eigenvalue weighted by Gasteiger charge is 2.33. The summed E-state index contributed by atoms with van der Waals surface area (Å²) in [7, 11) is 0. The first-order valence-corrected chi connectivity index (χ1v) is 4.37. The van der Waals surface area contributed by atoms with Crippen LogP contribution in [0.4, 0.5) is 0 Å². The van der Waals surface area contributed by atoms with Gasteiger partial charge in [-0.05, 0) is 19.1 Å². The first-order chi connectivity index (χ1) is 5.27. The van der Waals surface area contributed by atoms with E-state index in [1.54, 1.807) is 0 Å². The van der Waals surface area contributed by atoms with E-state index >= 15 is 0 Å². The van der Waals surface area contributed by atoms with E-state index in [4.69, 9.17) is 17.0 Å². The number of rotatable bonds is 0. The SMILES string of the molecule is CC1CC2OCCN2C(=S)N1. The van der Waals surface area contributed by atoms with Crippen LogP contribution in [0.3, 0.4) is 0 Å². The second-order valence-corrected chi connectivity index (χ2v) is 3.49. The molecule has 62 valence electrons. The molecule has 0 aromatic carbocycles. The lowest BCUT2D eigenvalue weighted by atomic mass is 10.2. The number of nitrogens with zero attached hydrogens (tertiary/aromatic N) is 1. The molecule has 2 saturated heterocycles. The smallest absolute Gasteiger partial charge is 0.171 e. The van der Waals surface area contributed by atoms with Gasteiger partial charge < -0.3 is 15.0 Å². The molecule has 0 bridgehead atoms. The molecule has 3 nitrogen and oxygen atoms in total. The lowest BCUT2D eigenvalue weighted by molar-refractivity contribution is 0.0403. The zero-order valence-corrected chi connectivity index (χ0v) is 7.36. The lowest BCUT2D eigenvalue weighted by Crippen LogP contribution is -2.53. The van der Waals surface area contributed by atoms with Gasteiger partial charge in [0.15, 0.2) is 5.11 Å². The highest BCUT2D eigenvalue weighted by atomic mass is 32.1. The maximum Gasteiger partial charge on any atom is 0.171 e. The summed E-state index contributed by atoms with van der Waals surface area (Å²) in [4.78, 5) is 2.12. The van der Waals surface area contributed by atoms with Crippen LogP contribution in [0.2, 0.25) is 0 Å². The summed E-state index contributed by atoms with van der Waals surface area (Å²) in [6.45, 7) is 3.90. The van der Waals surface area contributed by atoms with E-state index in [9.17, 15) is 0 Å². The second kappa shape index (κ2) is 2.60. The molecule has 0 aromatic rings. The normalized spacial score (nSPS) is 36.8. The Morgan fingerprint density at radius 2 is 2.55 bits per heavy atom. The second-order valence-electron chi connectivity index (χ2n) is 3.11. The van der Waals surface area contributed by atoms with E-state index < -0.39 is 0 Å². The van der Waals surface area contributed by atoms with Gasteiger partial charge in [0.05, 0.1) is 6.61 Å². The van der Waals surface area contributed by atoms with Crippen LogP contribution >= 0.6 is 12.2 Å². The molecule has 11 heavy (non-hydrogen) atoms. The van der Waals surface area contributed by atoms with Crippen molar-refractivity contribution in [3.8, 4) is 0 Å². The molecule has 0 aromatic heterocycles. The van der Waals surface area contributed by atoms with Crippen LogP contribution < -0.4 is 5.32 Å². The van der Waals surface area contributed by atoms with E-state index in [0.29, 0.717) is 6.04 Å². The van der Waals surface area contributed by atoms with Crippen molar-refractivity contribution in [1.29, 1.82) is 0 Å². The third-order valence-corrected chi connectivity index (χ3v) is 2.53. The van der Waals surface area contributed by atoms with Gasteiger partial charge in [0, 0.05) is 19.0 Å².